The fourth-order valence-electron chi connectivity index (χ4n) is 4.28. The molecule has 0 spiro atoms. The summed E-state index contributed by atoms with van der Waals surface area (Å²) in [5, 5.41) is 0. The molecule has 0 heterocycles. The summed E-state index contributed by atoms with van der Waals surface area (Å²) in [5.41, 5.74) is 0. The number of hydrogen-bond acceptors (Lipinski definition) is 8. The van der Waals surface area contributed by atoms with Gasteiger partial charge >= 0.3 is 10.4 Å². The van der Waals surface area contributed by atoms with Crippen molar-refractivity contribution in [2.45, 2.75) is 52.4 Å². The number of fused-ring (bicyclic) bond motifs is 1. The van der Waals surface area contributed by atoms with Gasteiger partial charge in [-0.1, -0.05) is 13.8 Å². The van der Waals surface area contributed by atoms with Gasteiger partial charge in [0.1, 0.15) is 23.1 Å². The highest BCUT2D eigenvalue weighted by Gasteiger charge is 2.47. The molecular formula is C19H28O8S. The zero-order valence-electron chi connectivity index (χ0n) is 16.5. The second kappa shape index (κ2) is 9.37. The van der Waals surface area contributed by atoms with Gasteiger partial charge in [-0.2, -0.15) is 8.42 Å². The van der Waals surface area contributed by atoms with Crippen LogP contribution < -0.4 is 0 Å². The van der Waals surface area contributed by atoms with Crippen molar-refractivity contribution in [3.63, 3.8) is 0 Å². The lowest BCUT2D eigenvalue weighted by Crippen LogP contribution is -2.46. The minimum absolute atomic E-state index is 0.0145. The lowest BCUT2D eigenvalue weighted by atomic mass is 9.60. The third-order valence-corrected chi connectivity index (χ3v) is 6.91. The first-order chi connectivity index (χ1) is 13.1. The summed E-state index contributed by atoms with van der Waals surface area (Å²) in [4.78, 5) is 49.1. The van der Waals surface area contributed by atoms with Crippen LogP contribution in [0.4, 0.5) is 0 Å². The molecule has 0 bridgehead atoms. The van der Waals surface area contributed by atoms with E-state index in [1.54, 1.807) is 6.92 Å². The largest absolute Gasteiger partial charge is 0.399 e. The van der Waals surface area contributed by atoms with E-state index in [0.717, 1.165) is 7.11 Å². The quantitative estimate of drug-likeness (QED) is 0.556. The molecule has 2 aliphatic carbocycles. The van der Waals surface area contributed by atoms with Gasteiger partial charge in [-0.05, 0) is 18.8 Å². The van der Waals surface area contributed by atoms with Crippen molar-refractivity contribution in [3.8, 4) is 0 Å². The van der Waals surface area contributed by atoms with Crippen LogP contribution in [0, 0.1) is 29.6 Å². The third-order valence-electron chi connectivity index (χ3n) is 6.05. The van der Waals surface area contributed by atoms with Gasteiger partial charge in [-0.3, -0.25) is 23.4 Å². The average molecular weight is 416 g/mol. The molecule has 9 heteroatoms. The van der Waals surface area contributed by atoms with E-state index in [9.17, 15) is 27.6 Å². The van der Waals surface area contributed by atoms with Crippen LogP contribution in [-0.2, 0) is 37.9 Å². The number of hydrogen-bond donors (Lipinski definition) is 0. The minimum Gasteiger partial charge on any atom is -0.300 e. The Balaban J connectivity index is 1.86. The molecular weight excluding hydrogens is 388 g/mol. The molecule has 2 saturated carbocycles. The fraction of sp³-hybridized carbons (Fsp3) is 0.789. The normalized spacial score (nSPS) is 30.8. The molecule has 0 saturated heterocycles. The summed E-state index contributed by atoms with van der Waals surface area (Å²) in [6, 6.07) is 0. The maximum absolute atomic E-state index is 12.7. The summed E-state index contributed by atoms with van der Waals surface area (Å²) in [6.07, 6.45) is 1.35. The molecule has 2 aliphatic rings. The molecule has 5 atom stereocenters. The predicted molar refractivity (Wildman–Crippen MR) is 98.4 cm³/mol. The molecule has 0 aliphatic heterocycles. The van der Waals surface area contributed by atoms with Gasteiger partial charge in [0.2, 0.25) is 0 Å². The Morgan fingerprint density at radius 1 is 1.07 bits per heavy atom. The Morgan fingerprint density at radius 2 is 1.75 bits per heavy atom. The van der Waals surface area contributed by atoms with Crippen molar-refractivity contribution in [2.75, 3.05) is 13.7 Å². The van der Waals surface area contributed by atoms with E-state index < -0.39 is 22.2 Å². The van der Waals surface area contributed by atoms with Crippen LogP contribution in [0.5, 0.6) is 0 Å². The van der Waals surface area contributed by atoms with Crippen molar-refractivity contribution in [1.29, 1.82) is 0 Å². The SMILES string of the molecule is COS(=O)(=O)OCCC(=O)CCC(=O)C1CC2CC(C)C(=O)CC2C(=O)C1C. The van der Waals surface area contributed by atoms with Gasteiger partial charge in [0.05, 0.1) is 13.7 Å². The van der Waals surface area contributed by atoms with E-state index in [2.05, 4.69) is 8.37 Å². The predicted octanol–water partition coefficient (Wildman–Crippen LogP) is 1.66. The van der Waals surface area contributed by atoms with Crippen LogP contribution in [-0.4, -0.2) is 45.3 Å². The number of Topliss-reactive ketones (excluding diaryl/α,β-unsaturated/α-hetero) is 4. The van der Waals surface area contributed by atoms with Crippen LogP contribution in [0.25, 0.3) is 0 Å². The maximum Gasteiger partial charge on any atom is 0.399 e. The topological polar surface area (TPSA) is 121 Å². The molecule has 0 radical (unpaired) electrons. The van der Waals surface area contributed by atoms with Crippen LogP contribution in [0.2, 0.25) is 0 Å². The molecule has 158 valence electrons. The van der Waals surface area contributed by atoms with Gasteiger partial charge in [-0.25, -0.2) is 4.18 Å². The second-order valence-electron chi connectivity index (χ2n) is 7.86. The van der Waals surface area contributed by atoms with E-state index in [0.29, 0.717) is 12.8 Å². The van der Waals surface area contributed by atoms with Crippen molar-refractivity contribution in [1.82, 2.24) is 0 Å². The smallest absolute Gasteiger partial charge is 0.300 e. The summed E-state index contributed by atoms with van der Waals surface area (Å²) in [6.45, 7) is 3.26. The molecule has 5 unspecified atom stereocenters. The van der Waals surface area contributed by atoms with Gasteiger partial charge < -0.3 is 0 Å². The van der Waals surface area contributed by atoms with Crippen LogP contribution >= 0.6 is 0 Å². The van der Waals surface area contributed by atoms with Crippen LogP contribution in [0.3, 0.4) is 0 Å². The molecule has 0 aromatic heterocycles. The molecule has 0 aromatic rings. The van der Waals surface area contributed by atoms with Gasteiger partial charge in [0, 0.05) is 49.4 Å². The van der Waals surface area contributed by atoms with E-state index >= 15 is 0 Å². The van der Waals surface area contributed by atoms with E-state index in [-0.39, 0.29) is 73.2 Å². The summed E-state index contributed by atoms with van der Waals surface area (Å²) < 4.78 is 30.6. The number of carbonyl (C=O) groups is 4. The average Bonchev–Trinajstić information content (AvgIpc) is 2.64. The Morgan fingerprint density at radius 3 is 2.39 bits per heavy atom. The van der Waals surface area contributed by atoms with E-state index in [1.165, 1.54) is 0 Å². The monoisotopic (exact) mass is 416 g/mol. The minimum atomic E-state index is -4.08. The first-order valence-corrected chi connectivity index (χ1v) is 10.9. The van der Waals surface area contributed by atoms with Gasteiger partial charge in [0.15, 0.2) is 0 Å². The molecule has 28 heavy (non-hydrogen) atoms. The van der Waals surface area contributed by atoms with Gasteiger partial charge in [-0.15, -0.1) is 0 Å². The van der Waals surface area contributed by atoms with Gasteiger partial charge in [0.25, 0.3) is 0 Å². The summed E-state index contributed by atoms with van der Waals surface area (Å²) in [7, 11) is -3.12. The highest BCUT2D eigenvalue weighted by Crippen LogP contribution is 2.44. The Kier molecular flexibility index (Phi) is 7.64. The lowest BCUT2D eigenvalue weighted by molar-refractivity contribution is -0.146. The molecule has 0 aromatic carbocycles. The highest BCUT2D eigenvalue weighted by atomic mass is 32.3. The van der Waals surface area contributed by atoms with Crippen molar-refractivity contribution < 1.29 is 36.0 Å². The fourth-order valence-corrected chi connectivity index (χ4v) is 4.67. The van der Waals surface area contributed by atoms with Crippen molar-refractivity contribution >= 4 is 33.5 Å². The second-order valence-corrected chi connectivity index (χ2v) is 9.24. The molecule has 0 N–H and O–H groups in total. The number of carbonyl (C=O) groups excluding carboxylic acids is 4. The first kappa shape index (κ1) is 22.8. The van der Waals surface area contributed by atoms with Crippen molar-refractivity contribution in [3.05, 3.63) is 0 Å². The standard InChI is InChI=1S/C19H28O8S/c1-11-8-13-9-15(12(2)19(23)16(13)10-18(11)22)17(21)5-4-14(20)6-7-27-28(24,25)26-3/h11-13,15-16H,4-10H2,1-3H3. The first-order valence-electron chi connectivity index (χ1n) is 9.61. The molecule has 0 amide bonds. The van der Waals surface area contributed by atoms with Crippen LogP contribution in [0.1, 0.15) is 52.4 Å². The zero-order chi connectivity index (χ0) is 21.1. The maximum atomic E-state index is 12.7. The zero-order valence-corrected chi connectivity index (χ0v) is 17.3. The lowest BCUT2D eigenvalue weighted by Gasteiger charge is -2.42. The molecule has 2 rings (SSSR count). The summed E-state index contributed by atoms with van der Waals surface area (Å²) in [5.74, 6) is -1.48. The molecule has 8 nitrogen and oxygen atoms in total. The Hall–Kier alpha value is -1.45. The Bertz CT molecular complexity index is 741. The summed E-state index contributed by atoms with van der Waals surface area (Å²) >= 11 is 0. The van der Waals surface area contributed by atoms with Crippen LogP contribution in [0.15, 0.2) is 0 Å². The van der Waals surface area contributed by atoms with E-state index in [1.807, 2.05) is 6.92 Å². The van der Waals surface area contributed by atoms with E-state index in [4.69, 9.17) is 0 Å². The third kappa shape index (κ3) is 5.55. The number of ketones is 4. The molecule has 2 fully saturated rings. The Labute approximate surface area is 165 Å². The van der Waals surface area contributed by atoms with Crippen molar-refractivity contribution in [2.24, 2.45) is 29.6 Å². The highest BCUT2D eigenvalue weighted by molar-refractivity contribution is 7.81. The number of rotatable bonds is 9.